The van der Waals surface area contributed by atoms with Gasteiger partial charge in [0, 0.05) is 24.4 Å². The molecule has 1 unspecified atom stereocenters. The molecule has 0 aliphatic rings. The second kappa shape index (κ2) is 7.23. The standard InChI is InChI=1S/C13H20N2O4S/c1-8(12(18)19)7-15(6-4-5-11(16)17)13-14-9(2)10(3)20-13/h8H,4-7H2,1-3H3,(H,16,17)(H,18,19). The Morgan fingerprint density at radius 2 is 2.00 bits per heavy atom. The SMILES string of the molecule is Cc1nc(N(CCCC(=O)O)CC(C)C(=O)O)sc1C. The van der Waals surface area contributed by atoms with Gasteiger partial charge in [0.15, 0.2) is 5.13 Å². The minimum atomic E-state index is -0.863. The summed E-state index contributed by atoms with van der Waals surface area (Å²) < 4.78 is 0. The zero-order valence-corrected chi connectivity index (χ0v) is 12.7. The van der Waals surface area contributed by atoms with Crippen molar-refractivity contribution in [3.8, 4) is 0 Å². The number of carbonyl (C=O) groups is 2. The summed E-state index contributed by atoms with van der Waals surface area (Å²) in [4.78, 5) is 28.9. The Morgan fingerprint density at radius 3 is 2.45 bits per heavy atom. The molecule has 0 saturated heterocycles. The summed E-state index contributed by atoms with van der Waals surface area (Å²) in [5, 5.41) is 18.5. The summed E-state index contributed by atoms with van der Waals surface area (Å²) in [5.74, 6) is -2.23. The third-order valence-corrected chi connectivity index (χ3v) is 4.16. The summed E-state index contributed by atoms with van der Waals surface area (Å²) in [5.41, 5.74) is 0.927. The van der Waals surface area contributed by atoms with E-state index < -0.39 is 17.9 Å². The number of thiazole rings is 1. The van der Waals surface area contributed by atoms with Gasteiger partial charge in [-0.25, -0.2) is 4.98 Å². The smallest absolute Gasteiger partial charge is 0.308 e. The highest BCUT2D eigenvalue weighted by atomic mass is 32.1. The first-order chi connectivity index (χ1) is 9.31. The van der Waals surface area contributed by atoms with Gasteiger partial charge in [0.1, 0.15) is 0 Å². The zero-order valence-electron chi connectivity index (χ0n) is 11.9. The monoisotopic (exact) mass is 300 g/mol. The van der Waals surface area contributed by atoms with Crippen molar-refractivity contribution < 1.29 is 19.8 Å². The van der Waals surface area contributed by atoms with Crippen LogP contribution >= 0.6 is 11.3 Å². The van der Waals surface area contributed by atoms with Crippen LogP contribution in [0.25, 0.3) is 0 Å². The second-order valence-electron chi connectivity index (χ2n) is 4.82. The number of aliphatic carboxylic acids is 2. The van der Waals surface area contributed by atoms with E-state index in [0.29, 0.717) is 19.5 Å². The van der Waals surface area contributed by atoms with Crippen molar-refractivity contribution in [1.29, 1.82) is 0 Å². The number of carboxylic acids is 2. The van der Waals surface area contributed by atoms with Crippen molar-refractivity contribution in [2.24, 2.45) is 5.92 Å². The van der Waals surface area contributed by atoms with Gasteiger partial charge in [0.25, 0.3) is 0 Å². The fourth-order valence-electron chi connectivity index (χ4n) is 1.69. The van der Waals surface area contributed by atoms with Crippen LogP contribution in [0.2, 0.25) is 0 Å². The zero-order chi connectivity index (χ0) is 15.3. The molecule has 1 aromatic rings. The lowest BCUT2D eigenvalue weighted by atomic mass is 10.1. The van der Waals surface area contributed by atoms with Crippen molar-refractivity contribution in [2.75, 3.05) is 18.0 Å². The molecular formula is C13H20N2O4S. The highest BCUT2D eigenvalue weighted by Crippen LogP contribution is 2.26. The van der Waals surface area contributed by atoms with Gasteiger partial charge < -0.3 is 15.1 Å². The predicted octanol–water partition coefficient (Wildman–Crippen LogP) is 2.15. The average molecular weight is 300 g/mol. The number of rotatable bonds is 8. The molecule has 7 heteroatoms. The van der Waals surface area contributed by atoms with Gasteiger partial charge in [-0.15, -0.1) is 11.3 Å². The van der Waals surface area contributed by atoms with Gasteiger partial charge in [-0.3, -0.25) is 9.59 Å². The molecule has 0 radical (unpaired) electrons. The lowest BCUT2D eigenvalue weighted by molar-refractivity contribution is -0.141. The molecule has 1 heterocycles. The van der Waals surface area contributed by atoms with E-state index in [2.05, 4.69) is 4.98 Å². The Bertz CT molecular complexity index is 467. The van der Waals surface area contributed by atoms with E-state index in [4.69, 9.17) is 10.2 Å². The summed E-state index contributed by atoms with van der Waals surface area (Å²) in [6.07, 6.45) is 0.542. The molecule has 1 atom stereocenters. The van der Waals surface area contributed by atoms with Crippen molar-refractivity contribution >= 4 is 28.4 Å². The second-order valence-corrected chi connectivity index (χ2v) is 6.00. The number of aryl methyl sites for hydroxylation is 2. The summed E-state index contributed by atoms with van der Waals surface area (Å²) in [6, 6.07) is 0. The van der Waals surface area contributed by atoms with Crippen LogP contribution in [0, 0.1) is 19.8 Å². The first kappa shape index (κ1) is 16.4. The maximum absolute atomic E-state index is 11.0. The molecule has 0 aliphatic heterocycles. The maximum Gasteiger partial charge on any atom is 0.308 e. The number of aromatic nitrogens is 1. The number of anilines is 1. The molecule has 0 spiro atoms. The minimum absolute atomic E-state index is 0.0707. The van der Waals surface area contributed by atoms with E-state index in [-0.39, 0.29) is 6.42 Å². The molecule has 0 amide bonds. The average Bonchev–Trinajstić information content (AvgIpc) is 2.67. The van der Waals surface area contributed by atoms with Gasteiger partial charge in [-0.2, -0.15) is 0 Å². The fraction of sp³-hybridized carbons (Fsp3) is 0.615. The van der Waals surface area contributed by atoms with Crippen molar-refractivity contribution in [2.45, 2.75) is 33.6 Å². The van der Waals surface area contributed by atoms with Gasteiger partial charge in [0.2, 0.25) is 0 Å². The van der Waals surface area contributed by atoms with E-state index in [1.165, 1.54) is 11.3 Å². The third kappa shape index (κ3) is 4.80. The first-order valence-corrected chi connectivity index (χ1v) is 7.26. The van der Waals surface area contributed by atoms with E-state index in [9.17, 15) is 9.59 Å². The molecule has 20 heavy (non-hydrogen) atoms. The van der Waals surface area contributed by atoms with Crippen LogP contribution in [-0.4, -0.2) is 40.2 Å². The Hall–Kier alpha value is -1.63. The molecule has 1 rings (SSSR count). The number of nitrogens with zero attached hydrogens (tertiary/aromatic N) is 2. The van der Waals surface area contributed by atoms with E-state index in [1.807, 2.05) is 18.7 Å². The van der Waals surface area contributed by atoms with Crippen molar-refractivity contribution in [3.63, 3.8) is 0 Å². The normalized spacial score (nSPS) is 12.2. The van der Waals surface area contributed by atoms with Gasteiger partial charge in [-0.1, -0.05) is 6.92 Å². The number of hydrogen-bond acceptors (Lipinski definition) is 5. The summed E-state index contributed by atoms with van der Waals surface area (Å²) >= 11 is 1.51. The van der Waals surface area contributed by atoms with Gasteiger partial charge in [0.05, 0.1) is 11.6 Å². The topological polar surface area (TPSA) is 90.7 Å². The molecule has 0 fully saturated rings. The lowest BCUT2D eigenvalue weighted by Gasteiger charge is -2.23. The maximum atomic E-state index is 11.0. The lowest BCUT2D eigenvalue weighted by Crippen LogP contribution is -2.32. The predicted molar refractivity (Wildman–Crippen MR) is 77.5 cm³/mol. The molecule has 6 nitrogen and oxygen atoms in total. The van der Waals surface area contributed by atoms with Crippen LogP contribution in [0.5, 0.6) is 0 Å². The largest absolute Gasteiger partial charge is 0.481 e. The fourth-order valence-corrected chi connectivity index (χ4v) is 2.63. The van der Waals surface area contributed by atoms with E-state index in [0.717, 1.165) is 15.7 Å². The minimum Gasteiger partial charge on any atom is -0.481 e. The number of carboxylic acid groups (broad SMARTS) is 2. The highest BCUT2D eigenvalue weighted by molar-refractivity contribution is 7.15. The van der Waals surface area contributed by atoms with Crippen LogP contribution in [0.1, 0.15) is 30.3 Å². The van der Waals surface area contributed by atoms with Gasteiger partial charge >= 0.3 is 11.9 Å². The Kier molecular flexibility index (Phi) is 5.94. The quantitative estimate of drug-likeness (QED) is 0.764. The summed E-state index contributed by atoms with van der Waals surface area (Å²) in [7, 11) is 0. The Morgan fingerprint density at radius 1 is 1.35 bits per heavy atom. The van der Waals surface area contributed by atoms with Crippen LogP contribution in [-0.2, 0) is 9.59 Å². The molecule has 112 valence electrons. The van der Waals surface area contributed by atoms with Crippen LogP contribution < -0.4 is 4.90 Å². The number of hydrogen-bond donors (Lipinski definition) is 2. The molecule has 0 aromatic carbocycles. The Balaban J connectivity index is 2.77. The molecule has 1 aromatic heterocycles. The third-order valence-electron chi connectivity index (χ3n) is 3.02. The molecule has 0 bridgehead atoms. The first-order valence-electron chi connectivity index (χ1n) is 6.44. The van der Waals surface area contributed by atoms with Crippen molar-refractivity contribution in [1.82, 2.24) is 4.98 Å². The van der Waals surface area contributed by atoms with Gasteiger partial charge in [-0.05, 0) is 20.3 Å². The van der Waals surface area contributed by atoms with Crippen LogP contribution in [0.4, 0.5) is 5.13 Å². The van der Waals surface area contributed by atoms with E-state index in [1.54, 1.807) is 6.92 Å². The Labute approximate surface area is 122 Å². The molecule has 0 saturated carbocycles. The summed E-state index contributed by atoms with van der Waals surface area (Å²) in [6.45, 7) is 6.34. The molecule has 2 N–H and O–H groups in total. The molecular weight excluding hydrogens is 280 g/mol. The van der Waals surface area contributed by atoms with Crippen LogP contribution in [0.3, 0.4) is 0 Å². The highest BCUT2D eigenvalue weighted by Gasteiger charge is 2.19. The molecule has 0 aliphatic carbocycles. The van der Waals surface area contributed by atoms with Crippen molar-refractivity contribution in [3.05, 3.63) is 10.6 Å². The van der Waals surface area contributed by atoms with Crippen LogP contribution in [0.15, 0.2) is 0 Å². The van der Waals surface area contributed by atoms with E-state index >= 15 is 0 Å².